The van der Waals surface area contributed by atoms with Crippen molar-refractivity contribution in [3.63, 3.8) is 0 Å². The molecule has 0 amide bonds. The van der Waals surface area contributed by atoms with Crippen molar-refractivity contribution < 1.29 is 14.3 Å². The van der Waals surface area contributed by atoms with E-state index < -0.39 is 6.09 Å². The van der Waals surface area contributed by atoms with Gasteiger partial charge in [-0.2, -0.15) is 0 Å². The third-order valence-corrected chi connectivity index (χ3v) is 5.16. The number of anilines is 2. The minimum atomic E-state index is -0.527. The van der Waals surface area contributed by atoms with Crippen molar-refractivity contribution in [2.75, 3.05) is 26.5 Å². The monoisotopic (exact) mass is 477 g/mol. The third-order valence-electron chi connectivity index (χ3n) is 5.16. The summed E-state index contributed by atoms with van der Waals surface area (Å²) in [6.45, 7) is 3.58. The van der Waals surface area contributed by atoms with Crippen molar-refractivity contribution in [2.24, 2.45) is 16.5 Å². The fraction of sp³-hybridized carbons (Fsp3) is 0.240. The summed E-state index contributed by atoms with van der Waals surface area (Å²) >= 11 is 0. The zero-order valence-electron chi connectivity index (χ0n) is 20.5. The van der Waals surface area contributed by atoms with Gasteiger partial charge < -0.3 is 31.6 Å². The lowest BCUT2D eigenvalue weighted by Gasteiger charge is -2.15. The Bertz CT molecular complexity index is 1310. The van der Waals surface area contributed by atoms with Gasteiger partial charge in [-0.05, 0) is 32.0 Å². The van der Waals surface area contributed by atoms with E-state index in [0.29, 0.717) is 34.0 Å². The number of aromatic nitrogens is 2. The number of hydrogen-bond donors (Lipinski definition) is 4. The van der Waals surface area contributed by atoms with Crippen molar-refractivity contribution in [1.29, 1.82) is 0 Å². The number of fused-ring (bicyclic) bond motifs is 1. The Morgan fingerprint density at radius 3 is 2.57 bits per heavy atom. The first-order valence-corrected chi connectivity index (χ1v) is 11.0. The minimum absolute atomic E-state index is 0.301. The highest BCUT2D eigenvalue weighted by Crippen LogP contribution is 2.32. The second-order valence-electron chi connectivity index (χ2n) is 7.81. The highest BCUT2D eigenvalue weighted by molar-refractivity contribution is 6.12. The van der Waals surface area contributed by atoms with E-state index in [1.165, 1.54) is 17.0 Å². The van der Waals surface area contributed by atoms with Crippen LogP contribution < -0.4 is 26.8 Å². The molecule has 0 bridgehead atoms. The fourth-order valence-electron chi connectivity index (χ4n) is 3.59. The summed E-state index contributed by atoms with van der Waals surface area (Å²) < 4.78 is 12.5. The van der Waals surface area contributed by atoms with Gasteiger partial charge in [-0.25, -0.2) is 14.3 Å². The number of nitrogens with one attached hydrogen (secondary N) is 2. The number of allylic oxidation sites excluding steroid dienone is 1. The predicted molar refractivity (Wildman–Crippen MR) is 141 cm³/mol. The fourth-order valence-corrected chi connectivity index (χ4v) is 3.59. The quantitative estimate of drug-likeness (QED) is 0.360. The van der Waals surface area contributed by atoms with E-state index in [1.807, 2.05) is 24.3 Å². The number of nitrogens with two attached hydrogens (primary N) is 2. The predicted octanol–water partition coefficient (Wildman–Crippen LogP) is 3.66. The van der Waals surface area contributed by atoms with Crippen LogP contribution in [-0.4, -0.2) is 49.2 Å². The van der Waals surface area contributed by atoms with Gasteiger partial charge >= 0.3 is 6.09 Å². The molecule has 2 aromatic heterocycles. The summed E-state index contributed by atoms with van der Waals surface area (Å²) in [7, 11) is 5.01. The maximum Gasteiger partial charge on any atom is 0.419 e. The molecule has 3 rings (SSSR count). The van der Waals surface area contributed by atoms with Crippen LogP contribution in [0.25, 0.3) is 22.2 Å². The zero-order chi connectivity index (χ0) is 25.5. The number of carbonyl (C=O) groups is 1. The molecule has 3 aromatic rings. The van der Waals surface area contributed by atoms with Crippen LogP contribution in [0.1, 0.15) is 25.1 Å². The number of pyridine rings is 1. The van der Waals surface area contributed by atoms with Gasteiger partial charge in [0.25, 0.3) is 0 Å². The van der Waals surface area contributed by atoms with E-state index in [4.69, 9.17) is 20.9 Å². The van der Waals surface area contributed by atoms with E-state index in [9.17, 15) is 4.79 Å². The average molecular weight is 478 g/mol. The first-order valence-electron chi connectivity index (χ1n) is 11.0. The molecule has 10 heteroatoms. The standard InChI is InChI=1S/C25H31N7O3/c1-15(2)35-25(33)32-21(18(11-26)13-28-3)8-17-14-30-24(10-22(17)32)31-19-7-6-16(9-23(19)34-5)20(12-27)29-4/h6-15,29H,26-27H2,1-5H3,(H,30,31)/b18-11?,20-12-,28-13?. The van der Waals surface area contributed by atoms with Crippen LogP contribution in [0.2, 0.25) is 0 Å². The molecule has 0 aliphatic heterocycles. The summed E-state index contributed by atoms with van der Waals surface area (Å²) in [6, 6.07) is 9.22. The van der Waals surface area contributed by atoms with Crippen LogP contribution >= 0.6 is 0 Å². The molecule has 0 fully saturated rings. The topological polar surface area (TPSA) is 142 Å². The minimum Gasteiger partial charge on any atom is -0.495 e. The number of aliphatic imine (C=N–C) groups is 1. The average Bonchev–Trinajstić information content (AvgIpc) is 3.22. The Hall–Kier alpha value is -4.47. The molecule has 10 nitrogen and oxygen atoms in total. The summed E-state index contributed by atoms with van der Waals surface area (Å²) in [5, 5.41) is 7.05. The molecule has 0 spiro atoms. The third kappa shape index (κ3) is 5.37. The number of nitrogens with zero attached hydrogens (tertiary/aromatic N) is 3. The Labute approximate surface area is 204 Å². The largest absolute Gasteiger partial charge is 0.495 e. The Balaban J connectivity index is 2.10. The number of ether oxygens (including phenoxy) is 2. The second kappa shape index (κ2) is 11.1. The van der Waals surface area contributed by atoms with E-state index in [-0.39, 0.29) is 6.10 Å². The van der Waals surface area contributed by atoms with Crippen LogP contribution in [-0.2, 0) is 4.74 Å². The molecule has 35 heavy (non-hydrogen) atoms. The molecule has 6 N–H and O–H groups in total. The number of rotatable bonds is 8. The molecular weight excluding hydrogens is 446 g/mol. The van der Waals surface area contributed by atoms with Gasteiger partial charge in [-0.3, -0.25) is 4.99 Å². The zero-order valence-corrected chi connectivity index (χ0v) is 20.5. The van der Waals surface area contributed by atoms with Gasteiger partial charge in [0.2, 0.25) is 0 Å². The Kier molecular flexibility index (Phi) is 7.98. The number of hydrogen-bond acceptors (Lipinski definition) is 9. The molecule has 0 radical (unpaired) electrons. The van der Waals surface area contributed by atoms with Gasteiger partial charge in [-0.1, -0.05) is 6.07 Å². The molecule has 0 saturated heterocycles. The summed E-state index contributed by atoms with van der Waals surface area (Å²) in [5.41, 5.74) is 15.6. The molecule has 184 valence electrons. The molecule has 0 aliphatic carbocycles. The molecule has 0 aliphatic rings. The van der Waals surface area contributed by atoms with E-state index >= 15 is 0 Å². The van der Waals surface area contributed by atoms with E-state index in [1.54, 1.807) is 53.5 Å². The lowest BCUT2D eigenvalue weighted by Crippen LogP contribution is -2.20. The number of carbonyl (C=O) groups excluding carboxylic acids is 1. The van der Waals surface area contributed by atoms with Crippen LogP contribution in [0.4, 0.5) is 16.3 Å². The smallest absolute Gasteiger partial charge is 0.419 e. The molecule has 0 atom stereocenters. The summed E-state index contributed by atoms with van der Waals surface area (Å²) in [5.74, 6) is 1.11. The maximum atomic E-state index is 13.0. The number of methoxy groups -OCH3 is 1. The molecule has 0 unspecified atom stereocenters. The normalized spacial score (nSPS) is 12.4. The van der Waals surface area contributed by atoms with Crippen molar-refractivity contribution in [2.45, 2.75) is 20.0 Å². The lowest BCUT2D eigenvalue weighted by molar-refractivity contribution is 0.118. The Morgan fingerprint density at radius 2 is 1.97 bits per heavy atom. The van der Waals surface area contributed by atoms with Crippen molar-refractivity contribution in [3.8, 4) is 5.75 Å². The van der Waals surface area contributed by atoms with Gasteiger partial charge in [0.15, 0.2) is 0 Å². The van der Waals surface area contributed by atoms with Gasteiger partial charge in [0.05, 0.1) is 35.8 Å². The van der Waals surface area contributed by atoms with Gasteiger partial charge in [-0.15, -0.1) is 0 Å². The Morgan fingerprint density at radius 1 is 1.20 bits per heavy atom. The van der Waals surface area contributed by atoms with Crippen molar-refractivity contribution in [3.05, 3.63) is 60.2 Å². The van der Waals surface area contributed by atoms with Gasteiger partial charge in [0, 0.05) is 61.5 Å². The van der Waals surface area contributed by atoms with Crippen LogP contribution in [0.3, 0.4) is 0 Å². The van der Waals surface area contributed by atoms with E-state index in [2.05, 4.69) is 20.6 Å². The molecular formula is C25H31N7O3. The molecule has 2 heterocycles. The summed E-state index contributed by atoms with van der Waals surface area (Å²) in [4.78, 5) is 21.6. The first-order chi connectivity index (χ1) is 16.9. The van der Waals surface area contributed by atoms with Crippen molar-refractivity contribution >= 4 is 46.0 Å². The summed E-state index contributed by atoms with van der Waals surface area (Å²) in [6.07, 6.45) is 5.32. The van der Waals surface area contributed by atoms with Gasteiger partial charge in [0.1, 0.15) is 11.6 Å². The highest BCUT2D eigenvalue weighted by Gasteiger charge is 2.20. The molecule has 1 aromatic carbocycles. The maximum absolute atomic E-state index is 13.0. The highest BCUT2D eigenvalue weighted by atomic mass is 16.6. The van der Waals surface area contributed by atoms with Crippen molar-refractivity contribution in [1.82, 2.24) is 14.9 Å². The van der Waals surface area contributed by atoms with Crippen LogP contribution in [0.5, 0.6) is 5.75 Å². The lowest BCUT2D eigenvalue weighted by atomic mass is 10.1. The second-order valence-corrected chi connectivity index (χ2v) is 7.81. The van der Waals surface area contributed by atoms with Crippen LogP contribution in [0, 0.1) is 0 Å². The SMILES string of the molecule is CN=CC(=CN)c1cc2cnc(Nc3ccc(/C(=C/N)NC)cc3OC)cc2n1C(=O)OC(C)C. The molecule has 0 saturated carbocycles. The van der Waals surface area contributed by atoms with E-state index in [0.717, 1.165) is 16.6 Å². The first kappa shape index (κ1) is 25.2. The van der Waals surface area contributed by atoms with Crippen LogP contribution in [0.15, 0.2) is 53.9 Å². The number of benzene rings is 1.